The van der Waals surface area contributed by atoms with Gasteiger partial charge in [0.1, 0.15) is 6.54 Å². The summed E-state index contributed by atoms with van der Waals surface area (Å²) in [6.45, 7) is 9.65. The summed E-state index contributed by atoms with van der Waals surface area (Å²) in [6, 6.07) is 13.1. The third-order valence-corrected chi connectivity index (χ3v) is 4.59. The van der Waals surface area contributed by atoms with E-state index in [2.05, 4.69) is 26.1 Å². The van der Waals surface area contributed by atoms with Crippen LogP contribution in [0.25, 0.3) is 0 Å². The van der Waals surface area contributed by atoms with E-state index in [0.717, 1.165) is 5.56 Å². The first kappa shape index (κ1) is 20.0. The van der Waals surface area contributed by atoms with Gasteiger partial charge in [0, 0.05) is 23.3 Å². The summed E-state index contributed by atoms with van der Waals surface area (Å²) in [4.78, 5) is 25.8. The van der Waals surface area contributed by atoms with Gasteiger partial charge >= 0.3 is 0 Å². The Morgan fingerprint density at radius 2 is 1.69 bits per heavy atom. The van der Waals surface area contributed by atoms with E-state index in [1.807, 2.05) is 37.3 Å². The van der Waals surface area contributed by atoms with Crippen LogP contribution in [0.5, 0.6) is 0 Å². The Labute approximate surface area is 160 Å². The summed E-state index contributed by atoms with van der Waals surface area (Å²) in [5.41, 5.74) is 3.47. The second kappa shape index (κ2) is 7.92. The van der Waals surface area contributed by atoms with Crippen molar-refractivity contribution >= 4 is 34.8 Å². The molecule has 0 aliphatic rings. The van der Waals surface area contributed by atoms with E-state index in [1.54, 1.807) is 12.1 Å². The molecule has 0 saturated carbocycles. The van der Waals surface area contributed by atoms with Crippen LogP contribution >= 0.6 is 11.6 Å². The molecule has 0 spiro atoms. The van der Waals surface area contributed by atoms with Crippen molar-refractivity contribution in [1.82, 2.24) is 0 Å². The molecule has 1 N–H and O–H groups in total. The maximum absolute atomic E-state index is 12.4. The van der Waals surface area contributed by atoms with Gasteiger partial charge in [0.05, 0.1) is 0 Å². The first-order chi connectivity index (χ1) is 12.1. The highest BCUT2D eigenvalue weighted by molar-refractivity contribution is 6.31. The lowest BCUT2D eigenvalue weighted by Crippen LogP contribution is -2.36. The number of halogens is 1. The smallest absolute Gasteiger partial charge is 0.244 e. The van der Waals surface area contributed by atoms with E-state index in [9.17, 15) is 9.59 Å². The minimum atomic E-state index is -0.264. The monoisotopic (exact) mass is 372 g/mol. The van der Waals surface area contributed by atoms with Gasteiger partial charge in [-0.1, -0.05) is 50.6 Å². The molecule has 138 valence electrons. The van der Waals surface area contributed by atoms with Crippen molar-refractivity contribution in [2.45, 2.75) is 40.0 Å². The minimum absolute atomic E-state index is 0.0542. The fourth-order valence-corrected chi connectivity index (χ4v) is 2.71. The first-order valence-corrected chi connectivity index (χ1v) is 8.90. The van der Waals surface area contributed by atoms with Gasteiger partial charge in [-0.25, -0.2) is 0 Å². The highest BCUT2D eigenvalue weighted by atomic mass is 35.5. The van der Waals surface area contributed by atoms with Gasteiger partial charge in [0.25, 0.3) is 0 Å². The number of anilines is 2. The van der Waals surface area contributed by atoms with Crippen LogP contribution in [0.2, 0.25) is 5.02 Å². The van der Waals surface area contributed by atoms with E-state index < -0.39 is 0 Å². The lowest BCUT2D eigenvalue weighted by atomic mass is 9.87. The van der Waals surface area contributed by atoms with Gasteiger partial charge in [-0.3, -0.25) is 9.59 Å². The van der Waals surface area contributed by atoms with E-state index in [-0.39, 0.29) is 23.8 Å². The van der Waals surface area contributed by atoms with Crippen LogP contribution in [0, 0.1) is 6.92 Å². The second-order valence-corrected chi connectivity index (χ2v) is 7.82. The lowest BCUT2D eigenvalue weighted by molar-refractivity contribution is -0.120. The van der Waals surface area contributed by atoms with Crippen LogP contribution in [-0.4, -0.2) is 18.4 Å². The van der Waals surface area contributed by atoms with Gasteiger partial charge in [0.15, 0.2) is 0 Å². The fourth-order valence-electron chi connectivity index (χ4n) is 2.53. The van der Waals surface area contributed by atoms with Crippen LogP contribution in [-0.2, 0) is 15.0 Å². The lowest BCUT2D eigenvalue weighted by Gasteiger charge is -2.22. The second-order valence-electron chi connectivity index (χ2n) is 7.41. The molecule has 0 saturated heterocycles. The Kier molecular flexibility index (Phi) is 6.09. The Bertz CT molecular complexity index is 808. The molecule has 0 unspecified atom stereocenters. The number of hydrogen-bond donors (Lipinski definition) is 1. The van der Waals surface area contributed by atoms with Crippen molar-refractivity contribution in [2.24, 2.45) is 0 Å². The summed E-state index contributed by atoms with van der Waals surface area (Å²) in [6.07, 6.45) is 0. The average molecular weight is 373 g/mol. The van der Waals surface area contributed by atoms with Crippen LogP contribution in [0.1, 0.15) is 38.8 Å². The zero-order valence-electron chi connectivity index (χ0n) is 15.9. The minimum Gasteiger partial charge on any atom is -0.325 e. The third-order valence-electron chi connectivity index (χ3n) is 4.18. The zero-order valence-corrected chi connectivity index (χ0v) is 16.6. The predicted molar refractivity (Wildman–Crippen MR) is 108 cm³/mol. The molecular weight excluding hydrogens is 348 g/mol. The van der Waals surface area contributed by atoms with Crippen molar-refractivity contribution in [2.75, 3.05) is 16.8 Å². The van der Waals surface area contributed by atoms with Gasteiger partial charge in [-0.2, -0.15) is 0 Å². The van der Waals surface area contributed by atoms with Crippen molar-refractivity contribution in [1.29, 1.82) is 0 Å². The van der Waals surface area contributed by atoms with Crippen molar-refractivity contribution in [3.05, 3.63) is 58.6 Å². The molecule has 0 heterocycles. The maximum Gasteiger partial charge on any atom is 0.244 e. The highest BCUT2D eigenvalue weighted by Gasteiger charge is 2.17. The number of nitrogens with zero attached hydrogens (tertiary/aromatic N) is 1. The topological polar surface area (TPSA) is 49.4 Å². The molecule has 0 atom stereocenters. The van der Waals surface area contributed by atoms with Gasteiger partial charge in [0.2, 0.25) is 11.8 Å². The normalized spacial score (nSPS) is 11.2. The summed E-state index contributed by atoms with van der Waals surface area (Å²) >= 11 is 6.14. The Morgan fingerprint density at radius 3 is 2.19 bits per heavy atom. The molecule has 2 aromatic carbocycles. The predicted octanol–water partition coefficient (Wildman–Crippen LogP) is 4.94. The number of amides is 2. The summed E-state index contributed by atoms with van der Waals surface area (Å²) < 4.78 is 0. The van der Waals surface area contributed by atoms with Gasteiger partial charge in [-0.05, 0) is 47.7 Å². The number of aryl methyl sites for hydroxylation is 1. The number of carbonyl (C=O) groups is 2. The third kappa shape index (κ3) is 5.09. The maximum atomic E-state index is 12.4. The van der Waals surface area contributed by atoms with Crippen LogP contribution in [0.4, 0.5) is 11.4 Å². The van der Waals surface area contributed by atoms with Crippen molar-refractivity contribution in [3.63, 3.8) is 0 Å². The largest absolute Gasteiger partial charge is 0.325 e. The molecule has 0 bridgehead atoms. The number of hydrogen-bond acceptors (Lipinski definition) is 2. The Hall–Kier alpha value is -2.33. The SMILES string of the molecule is CC(=O)N(CC(=O)Nc1ccc(C(C)(C)C)cc1)c1ccc(C)c(Cl)c1. The standard InChI is InChI=1S/C21H25ClN2O2/c1-14-6-11-18(12-19(14)22)24(15(2)25)13-20(26)23-17-9-7-16(8-10-17)21(3,4)5/h6-12H,13H2,1-5H3,(H,23,26). The number of nitrogens with one attached hydrogen (secondary N) is 1. The molecule has 5 heteroatoms. The molecule has 0 aromatic heterocycles. The molecular formula is C21H25ClN2O2. The van der Waals surface area contributed by atoms with E-state index >= 15 is 0 Å². The summed E-state index contributed by atoms with van der Waals surface area (Å²) in [5.74, 6) is -0.483. The first-order valence-electron chi connectivity index (χ1n) is 8.52. The molecule has 2 aromatic rings. The number of carbonyl (C=O) groups excluding carboxylic acids is 2. The molecule has 0 aliphatic carbocycles. The average Bonchev–Trinajstić information content (AvgIpc) is 2.55. The van der Waals surface area contributed by atoms with E-state index in [0.29, 0.717) is 16.4 Å². The number of benzene rings is 2. The van der Waals surface area contributed by atoms with Crippen LogP contribution in [0.15, 0.2) is 42.5 Å². The van der Waals surface area contributed by atoms with Gasteiger partial charge in [-0.15, -0.1) is 0 Å². The Morgan fingerprint density at radius 1 is 1.08 bits per heavy atom. The molecule has 2 rings (SSSR count). The fraction of sp³-hybridized carbons (Fsp3) is 0.333. The molecule has 0 fully saturated rings. The molecule has 0 radical (unpaired) electrons. The van der Waals surface area contributed by atoms with Crippen LogP contribution in [0.3, 0.4) is 0 Å². The van der Waals surface area contributed by atoms with Gasteiger partial charge < -0.3 is 10.2 Å². The summed E-state index contributed by atoms with van der Waals surface area (Å²) in [5, 5.41) is 3.40. The molecule has 4 nitrogen and oxygen atoms in total. The Balaban J connectivity index is 2.10. The van der Waals surface area contributed by atoms with Crippen LogP contribution < -0.4 is 10.2 Å². The molecule has 0 aliphatic heterocycles. The van der Waals surface area contributed by atoms with Crippen molar-refractivity contribution in [3.8, 4) is 0 Å². The number of rotatable bonds is 4. The summed E-state index contributed by atoms with van der Waals surface area (Å²) in [7, 11) is 0. The quantitative estimate of drug-likeness (QED) is 0.826. The van der Waals surface area contributed by atoms with E-state index in [4.69, 9.17) is 11.6 Å². The zero-order chi connectivity index (χ0) is 19.5. The van der Waals surface area contributed by atoms with E-state index in [1.165, 1.54) is 17.4 Å². The molecule has 26 heavy (non-hydrogen) atoms. The molecule has 2 amide bonds. The highest BCUT2D eigenvalue weighted by Crippen LogP contribution is 2.25. The van der Waals surface area contributed by atoms with Crippen molar-refractivity contribution < 1.29 is 9.59 Å².